The number of ether oxygens (including phenoxy) is 1. The van der Waals surface area contributed by atoms with Gasteiger partial charge in [-0.05, 0) is 218 Å². The number of aromatic nitrogens is 4. The summed E-state index contributed by atoms with van der Waals surface area (Å²) in [6.45, 7) is 21.3. The summed E-state index contributed by atoms with van der Waals surface area (Å²) in [5.41, 5.74) is 19.6. The van der Waals surface area contributed by atoms with E-state index >= 15 is 0 Å². The van der Waals surface area contributed by atoms with Gasteiger partial charge in [0.05, 0.1) is 12.7 Å². The van der Waals surface area contributed by atoms with Gasteiger partial charge in [-0.2, -0.15) is 0 Å². The number of carbonyl (C=O) groups is 1. The summed E-state index contributed by atoms with van der Waals surface area (Å²) in [7, 11) is 3.96. The van der Waals surface area contributed by atoms with Crippen molar-refractivity contribution in [2.45, 2.75) is 89.6 Å². The fraction of sp³-hybridized carbons (Fsp3) is 0.287. The van der Waals surface area contributed by atoms with Crippen molar-refractivity contribution in [3.8, 4) is 0 Å². The lowest BCUT2D eigenvalue weighted by Gasteiger charge is -2.32. The zero-order valence-electron chi connectivity index (χ0n) is 59.1. The van der Waals surface area contributed by atoms with E-state index in [9.17, 15) is 23.1 Å². The molecule has 2 aliphatic carbocycles. The van der Waals surface area contributed by atoms with Crippen LogP contribution < -0.4 is 5.32 Å². The third kappa shape index (κ3) is 14.5. The highest BCUT2D eigenvalue weighted by molar-refractivity contribution is 5.98. The zero-order chi connectivity index (χ0) is 71.0. The molecule has 18 rings (SSSR count). The van der Waals surface area contributed by atoms with E-state index in [1.54, 1.807) is 29.2 Å². The lowest BCUT2D eigenvalue weighted by atomic mass is 9.96. The topological polar surface area (TPSA) is 128 Å². The molecular formula is C87H87F3N10O3. The van der Waals surface area contributed by atoms with Crippen LogP contribution in [0.4, 0.5) is 23.7 Å². The van der Waals surface area contributed by atoms with Crippen LogP contribution in [0.2, 0.25) is 0 Å². The van der Waals surface area contributed by atoms with Crippen LogP contribution in [-0.2, 0) is 24.1 Å². The highest BCUT2D eigenvalue weighted by atomic mass is 19.1. The van der Waals surface area contributed by atoms with Gasteiger partial charge in [-0.25, -0.2) is 22.8 Å². The van der Waals surface area contributed by atoms with Gasteiger partial charge in [0.2, 0.25) is 0 Å². The Hall–Kier alpha value is -10.3. The largest absolute Gasteiger partial charge is 0.444 e. The number of halogens is 3. The second-order valence-corrected chi connectivity index (χ2v) is 29.3. The smallest absolute Gasteiger partial charge is 0.410 e. The standard InChI is InChI=1S/C31H32N4O.C25H21FN2.C18H21FN2O2.C13H13FN2/c1-32-24-10-11-29-27(17-24)28(20-35(29)19-25(36)18-33(2)3)21-12-14-34(15-13-21)30-16-23-8-4-6-22-7-5-9-26(30)31(22)23;26-19-7-8-20-22(15-27-23(20)14-19)16-9-11-28(12-10-16)24-13-18-5-1-3-17-4-2-6-21(24)25(17)18;1-18(2,3)23-17(22)21-8-6-12(7-9-21)15-11-20-16-10-13(19)4-5-14(15)16;14-10-1-2-11-12(8-16-13(11)7-10)9-3-5-15-6-4-9/h4-12,17,20,25,30,36H,13-16,18-19H2,2-3H3;1-9,14-15,24,27H,10-13H2;4-6,10-11,20H,7-9H2,1-3H3;1-3,7-8,15-16H,4-6H2/t25-,30?;;;/m1.../s1. The summed E-state index contributed by atoms with van der Waals surface area (Å²) >= 11 is 0. The summed E-state index contributed by atoms with van der Waals surface area (Å²) in [6, 6.07) is 48.3. The highest BCUT2D eigenvalue weighted by Crippen LogP contribution is 2.45. The van der Waals surface area contributed by atoms with Crippen molar-refractivity contribution in [3.05, 3.63) is 268 Å². The number of likely N-dealkylation sites (N-methyl/N-ethyl adjacent to an activating group) is 1. The van der Waals surface area contributed by atoms with Gasteiger partial charge in [-0.3, -0.25) is 9.80 Å². The summed E-state index contributed by atoms with van der Waals surface area (Å²) in [6.07, 6.45) is 22.3. The number of amides is 1. The number of fused-ring (bicyclic) bond motifs is 4. The molecule has 4 aromatic heterocycles. The highest BCUT2D eigenvalue weighted by Gasteiger charge is 2.33. The summed E-state index contributed by atoms with van der Waals surface area (Å²) in [5.74, 6) is -0.639. The van der Waals surface area contributed by atoms with E-state index in [0.717, 1.165) is 127 Å². The van der Waals surface area contributed by atoms with E-state index in [4.69, 9.17) is 11.3 Å². The Labute approximate surface area is 599 Å². The number of aliphatic hydroxyl groups excluding tert-OH is 1. The molecule has 0 spiro atoms. The number of hydrogen-bond donors (Lipinski definition) is 5. The van der Waals surface area contributed by atoms with E-state index in [2.05, 4.69) is 137 Å². The minimum Gasteiger partial charge on any atom is -0.444 e. The van der Waals surface area contributed by atoms with Gasteiger partial charge in [0, 0.05) is 156 Å². The van der Waals surface area contributed by atoms with Gasteiger partial charge in [0.25, 0.3) is 0 Å². The van der Waals surface area contributed by atoms with Crippen LogP contribution in [0.25, 0.3) is 92.3 Å². The van der Waals surface area contributed by atoms with E-state index < -0.39 is 11.7 Å². The number of hydrogen-bond acceptors (Lipinski definition) is 7. The number of carbonyl (C=O) groups excluding carboxylic acids is 1. The first kappa shape index (κ1) is 68.5. The Morgan fingerprint density at radius 1 is 0.592 bits per heavy atom. The second kappa shape index (κ2) is 29.2. The average Bonchev–Trinajstić information content (AvgIpc) is 1.62. The molecule has 0 bridgehead atoms. The van der Waals surface area contributed by atoms with Crippen molar-refractivity contribution in [1.82, 2.24) is 44.4 Å². The quantitative estimate of drug-likeness (QED) is 0.0863. The molecule has 2 unspecified atom stereocenters. The van der Waals surface area contributed by atoms with Crippen LogP contribution in [0.15, 0.2) is 195 Å². The van der Waals surface area contributed by atoms with E-state index in [-0.39, 0.29) is 23.5 Å². The molecule has 0 radical (unpaired) electrons. The second-order valence-electron chi connectivity index (χ2n) is 29.3. The summed E-state index contributed by atoms with van der Waals surface area (Å²) < 4.78 is 47.3. The maximum atomic E-state index is 13.5. The third-order valence-corrected chi connectivity index (χ3v) is 21.2. The number of rotatable bonds is 10. The van der Waals surface area contributed by atoms with Crippen LogP contribution >= 0.6 is 0 Å². The molecule has 0 saturated heterocycles. The molecule has 3 atom stereocenters. The lowest BCUT2D eigenvalue weighted by Crippen LogP contribution is -2.39. The summed E-state index contributed by atoms with van der Waals surface area (Å²) in [4.78, 5) is 34.1. The molecule has 524 valence electrons. The predicted molar refractivity (Wildman–Crippen MR) is 413 cm³/mol. The van der Waals surface area contributed by atoms with Crippen molar-refractivity contribution in [3.63, 3.8) is 0 Å². The molecule has 4 aliphatic heterocycles. The van der Waals surface area contributed by atoms with Crippen molar-refractivity contribution in [2.75, 3.05) is 73.0 Å². The molecule has 12 aromatic rings. The van der Waals surface area contributed by atoms with Gasteiger partial charge in [-0.1, -0.05) is 103 Å². The molecule has 0 saturated carbocycles. The Balaban J connectivity index is 0.000000115. The minimum absolute atomic E-state index is 0.194. The molecule has 8 heterocycles. The number of aromatic amines is 3. The monoisotopic (exact) mass is 1380 g/mol. The molecule has 1 amide bonds. The fourth-order valence-electron chi connectivity index (χ4n) is 16.3. The van der Waals surface area contributed by atoms with Crippen LogP contribution in [0.5, 0.6) is 0 Å². The van der Waals surface area contributed by atoms with Crippen molar-refractivity contribution < 1.29 is 27.8 Å². The average molecular weight is 1380 g/mol. The Kier molecular flexibility index (Phi) is 19.5. The number of benzene rings is 8. The van der Waals surface area contributed by atoms with E-state index in [1.807, 2.05) is 94.8 Å². The van der Waals surface area contributed by atoms with Crippen LogP contribution in [-0.4, -0.2) is 135 Å². The van der Waals surface area contributed by atoms with Crippen LogP contribution in [0, 0.1) is 24.0 Å². The normalized spacial score (nSPS) is 17.9. The van der Waals surface area contributed by atoms with Crippen molar-refractivity contribution >= 4 is 99.2 Å². The summed E-state index contributed by atoms with van der Waals surface area (Å²) in [5, 5.41) is 23.8. The van der Waals surface area contributed by atoms with Gasteiger partial charge in [0.15, 0.2) is 5.69 Å². The Morgan fingerprint density at radius 3 is 1.52 bits per heavy atom. The van der Waals surface area contributed by atoms with Gasteiger partial charge >= 0.3 is 6.09 Å². The van der Waals surface area contributed by atoms with Gasteiger partial charge in [-0.15, -0.1) is 0 Å². The number of H-pyrrole nitrogens is 3. The van der Waals surface area contributed by atoms with Crippen LogP contribution in [0.1, 0.15) is 103 Å². The third-order valence-electron chi connectivity index (χ3n) is 21.2. The Morgan fingerprint density at radius 2 is 1.08 bits per heavy atom. The van der Waals surface area contributed by atoms with Crippen molar-refractivity contribution in [2.24, 2.45) is 0 Å². The van der Waals surface area contributed by atoms with Gasteiger partial charge < -0.3 is 44.5 Å². The van der Waals surface area contributed by atoms with Gasteiger partial charge in [0.1, 0.15) is 23.1 Å². The molecule has 16 heteroatoms. The molecule has 8 aromatic carbocycles. The van der Waals surface area contributed by atoms with Crippen molar-refractivity contribution in [1.29, 1.82) is 0 Å². The molecule has 5 N–H and O–H groups in total. The number of nitrogens with one attached hydrogen (secondary N) is 4. The lowest BCUT2D eigenvalue weighted by molar-refractivity contribution is 0.0270. The van der Waals surface area contributed by atoms with E-state index in [1.165, 1.54) is 101 Å². The maximum absolute atomic E-state index is 13.5. The first-order valence-electron chi connectivity index (χ1n) is 36.1. The minimum atomic E-state index is -0.484. The first-order valence-corrected chi connectivity index (χ1v) is 36.1. The molecule has 6 aliphatic rings. The maximum Gasteiger partial charge on any atom is 0.410 e. The zero-order valence-corrected chi connectivity index (χ0v) is 59.1. The SMILES string of the molecule is CC(C)(C)OC(=O)N1CC=C(c2c[nH]c3cc(F)ccc23)CC1.Fc1ccc2c(C3=CCN(C4Cc5cccc6cccc4c56)CC3)c[nH]c2c1.Fc1ccc2c(C3=CCNCC3)c[nH]c2c1.[C-]#[N+]c1ccc2c(c1)c(C1=CCN(C3Cc4cccc5cccc3c45)CC1)cn2C[C@H](O)CN(C)C. The molecule has 0 fully saturated rings. The fourth-order valence-corrected chi connectivity index (χ4v) is 16.3. The molecular weight excluding hydrogens is 1290 g/mol. The van der Waals surface area contributed by atoms with Crippen LogP contribution in [0.3, 0.4) is 0 Å². The van der Waals surface area contributed by atoms with E-state index in [0.29, 0.717) is 44.0 Å². The molecule has 13 nitrogen and oxygen atoms in total. The number of aliphatic hydroxyl groups is 1. The number of nitrogens with zero attached hydrogens (tertiary/aromatic N) is 6. The first-order chi connectivity index (χ1) is 50.0. The molecule has 103 heavy (non-hydrogen) atoms. The predicted octanol–water partition coefficient (Wildman–Crippen LogP) is 18.5. The Bertz CT molecular complexity index is 5370.